The third kappa shape index (κ3) is 4.05. The van der Waals surface area contributed by atoms with Crippen molar-refractivity contribution in [2.24, 2.45) is 0 Å². The predicted octanol–water partition coefficient (Wildman–Crippen LogP) is 3.02. The number of rotatable bonds is 5. The molecular weight excluding hydrogens is 468 g/mol. The van der Waals surface area contributed by atoms with Gasteiger partial charge in [-0.15, -0.1) is 0 Å². The molecular formula is C27H29N8O2+. The average molecular weight is 498 g/mol. The highest BCUT2D eigenvalue weighted by Gasteiger charge is 2.25. The molecule has 0 unspecified atom stereocenters. The van der Waals surface area contributed by atoms with Crippen LogP contribution >= 0.6 is 0 Å². The van der Waals surface area contributed by atoms with Crippen LogP contribution in [-0.2, 0) is 0 Å². The van der Waals surface area contributed by atoms with Gasteiger partial charge in [-0.3, -0.25) is 4.79 Å². The summed E-state index contributed by atoms with van der Waals surface area (Å²) in [7, 11) is 1.58. The molecule has 6 rings (SSSR count). The number of benzene rings is 2. The summed E-state index contributed by atoms with van der Waals surface area (Å²) in [5.74, 6) is 0.658. The van der Waals surface area contributed by atoms with Gasteiger partial charge in [0.1, 0.15) is 29.3 Å². The highest BCUT2D eigenvalue weighted by atomic mass is 16.5. The van der Waals surface area contributed by atoms with Crippen molar-refractivity contribution in [1.29, 1.82) is 0 Å². The fourth-order valence-electron chi connectivity index (χ4n) is 5.17. The summed E-state index contributed by atoms with van der Waals surface area (Å²) in [6.45, 7) is 4.12. The Labute approximate surface area is 213 Å². The summed E-state index contributed by atoms with van der Waals surface area (Å²) < 4.78 is 7.66. The Morgan fingerprint density at radius 3 is 2.81 bits per heavy atom. The standard InChI is InChI=1S/C27H28N8O2/c1-15-4-3-5-16-12-20(32-23(15)16)27(36)33-19-7-6-17(13-21(19)37-2)24-22-25(28)30-14-31-26(22)35(34-24)18-8-10-29-11-9-18/h3-7,12-14,18,29,32H,8-11H2,1-2H3,(H,33,36)(H2,28,30,31)/p+1. The summed E-state index contributed by atoms with van der Waals surface area (Å²) in [5.41, 5.74) is 11.6. The maximum atomic E-state index is 13.1. The topological polar surface area (TPSA) is 140 Å². The zero-order valence-corrected chi connectivity index (χ0v) is 20.8. The van der Waals surface area contributed by atoms with Crippen LogP contribution in [0.25, 0.3) is 33.2 Å². The van der Waals surface area contributed by atoms with Crippen LogP contribution in [0.15, 0.2) is 48.8 Å². The second-order valence-corrected chi connectivity index (χ2v) is 9.44. The first-order valence-corrected chi connectivity index (χ1v) is 12.4. The number of aromatic amines is 1. The van der Waals surface area contributed by atoms with Crippen LogP contribution in [0, 0.1) is 6.92 Å². The number of aromatic nitrogens is 5. The van der Waals surface area contributed by atoms with Crippen molar-refractivity contribution in [3.8, 4) is 17.0 Å². The minimum absolute atomic E-state index is 0.247. The Hall–Kier alpha value is -4.44. The van der Waals surface area contributed by atoms with Gasteiger partial charge < -0.3 is 26.1 Å². The molecule has 0 radical (unpaired) electrons. The molecule has 2 aromatic carbocycles. The monoisotopic (exact) mass is 497 g/mol. The van der Waals surface area contributed by atoms with Gasteiger partial charge in [-0.05, 0) is 30.7 Å². The largest absolute Gasteiger partial charge is 0.495 e. The first-order chi connectivity index (χ1) is 18.0. The maximum absolute atomic E-state index is 13.1. The van der Waals surface area contributed by atoms with E-state index in [0.717, 1.165) is 59.0 Å². The van der Waals surface area contributed by atoms with Crippen molar-refractivity contribution in [2.75, 3.05) is 31.2 Å². The number of ether oxygens (including phenoxy) is 1. The lowest BCUT2D eigenvalue weighted by Gasteiger charge is -2.21. The van der Waals surface area contributed by atoms with Gasteiger partial charge in [-0.1, -0.05) is 24.3 Å². The molecule has 10 nitrogen and oxygen atoms in total. The number of amides is 1. The molecule has 1 saturated heterocycles. The molecule has 0 bridgehead atoms. The molecule has 1 fully saturated rings. The summed E-state index contributed by atoms with van der Waals surface area (Å²) >= 11 is 0. The minimum atomic E-state index is -0.247. The lowest BCUT2D eigenvalue weighted by molar-refractivity contribution is -0.664. The van der Waals surface area contributed by atoms with E-state index in [1.165, 1.54) is 6.33 Å². The van der Waals surface area contributed by atoms with Crippen molar-refractivity contribution in [2.45, 2.75) is 25.8 Å². The Bertz CT molecular complexity index is 1630. The Balaban J connectivity index is 1.36. The molecule has 0 atom stereocenters. The van der Waals surface area contributed by atoms with E-state index in [1.54, 1.807) is 7.11 Å². The number of nitrogens with one attached hydrogen (secondary N) is 2. The highest BCUT2D eigenvalue weighted by Crippen LogP contribution is 2.37. The van der Waals surface area contributed by atoms with E-state index >= 15 is 0 Å². The number of nitrogen functional groups attached to an aromatic ring is 1. The quantitative estimate of drug-likeness (QED) is 0.294. The number of methoxy groups -OCH3 is 1. The number of quaternary nitrogens is 1. The molecule has 0 spiro atoms. The van der Waals surface area contributed by atoms with Gasteiger partial charge in [0.2, 0.25) is 0 Å². The van der Waals surface area contributed by atoms with E-state index < -0.39 is 0 Å². The van der Waals surface area contributed by atoms with E-state index in [9.17, 15) is 4.79 Å². The summed E-state index contributed by atoms with van der Waals surface area (Å²) in [5, 5.41) is 12.0. The van der Waals surface area contributed by atoms with Crippen LogP contribution in [0.2, 0.25) is 0 Å². The van der Waals surface area contributed by atoms with Gasteiger partial charge in [0.05, 0.1) is 37.3 Å². The van der Waals surface area contributed by atoms with E-state index in [0.29, 0.717) is 28.6 Å². The highest BCUT2D eigenvalue weighted by molar-refractivity contribution is 6.07. The summed E-state index contributed by atoms with van der Waals surface area (Å²) in [4.78, 5) is 25.0. The SMILES string of the molecule is COc1cc(-c2nn(C3CC[NH2+]CC3)c3ncnc(N)c23)ccc1NC(=O)c1cc2cccc(C)c2[nH]1. The van der Waals surface area contributed by atoms with Crippen LogP contribution in [0.4, 0.5) is 11.5 Å². The normalized spacial score (nSPS) is 14.3. The Morgan fingerprint density at radius 1 is 1.19 bits per heavy atom. The van der Waals surface area contributed by atoms with Crippen molar-refractivity contribution in [3.05, 3.63) is 60.0 Å². The molecule has 1 aliphatic heterocycles. The van der Waals surface area contributed by atoms with Gasteiger partial charge in [0, 0.05) is 29.3 Å². The minimum Gasteiger partial charge on any atom is -0.495 e. The van der Waals surface area contributed by atoms with Crippen LogP contribution in [-0.4, -0.2) is 50.8 Å². The van der Waals surface area contributed by atoms with Gasteiger partial charge in [-0.25, -0.2) is 14.6 Å². The van der Waals surface area contributed by atoms with E-state index in [4.69, 9.17) is 15.6 Å². The number of piperidine rings is 1. The van der Waals surface area contributed by atoms with Gasteiger partial charge in [0.25, 0.3) is 5.91 Å². The molecule has 0 saturated carbocycles. The first-order valence-electron chi connectivity index (χ1n) is 12.4. The third-order valence-electron chi connectivity index (χ3n) is 7.10. The van der Waals surface area contributed by atoms with Gasteiger partial charge in [0.15, 0.2) is 5.65 Å². The van der Waals surface area contributed by atoms with Crippen LogP contribution in [0.3, 0.4) is 0 Å². The number of carbonyl (C=O) groups excluding carboxylic acids is 1. The zero-order valence-electron chi connectivity index (χ0n) is 20.8. The fourth-order valence-corrected chi connectivity index (χ4v) is 5.17. The number of para-hydroxylation sites is 1. The number of aryl methyl sites for hydroxylation is 1. The summed E-state index contributed by atoms with van der Waals surface area (Å²) in [6.07, 6.45) is 3.52. The number of hydrogen-bond donors (Lipinski definition) is 4. The molecule has 188 valence electrons. The molecule has 4 heterocycles. The molecule has 37 heavy (non-hydrogen) atoms. The molecule has 1 amide bonds. The smallest absolute Gasteiger partial charge is 0.272 e. The molecule has 3 aromatic heterocycles. The Morgan fingerprint density at radius 2 is 2.03 bits per heavy atom. The van der Waals surface area contributed by atoms with Crippen LogP contribution in [0.1, 0.15) is 34.9 Å². The van der Waals surface area contributed by atoms with Gasteiger partial charge >= 0.3 is 0 Å². The van der Waals surface area contributed by atoms with Crippen molar-refractivity contribution in [1.82, 2.24) is 24.7 Å². The number of fused-ring (bicyclic) bond motifs is 2. The second-order valence-electron chi connectivity index (χ2n) is 9.44. The van der Waals surface area contributed by atoms with Gasteiger partial charge in [-0.2, -0.15) is 5.10 Å². The Kier molecular flexibility index (Phi) is 5.72. The van der Waals surface area contributed by atoms with E-state index in [-0.39, 0.29) is 11.9 Å². The number of carbonyl (C=O) groups is 1. The molecule has 0 aliphatic carbocycles. The molecule has 6 N–H and O–H groups in total. The first kappa shape index (κ1) is 23.0. The zero-order chi connectivity index (χ0) is 25.5. The summed E-state index contributed by atoms with van der Waals surface area (Å²) in [6, 6.07) is 13.7. The van der Waals surface area contributed by atoms with Crippen molar-refractivity contribution >= 4 is 39.3 Å². The number of nitrogens with zero attached hydrogens (tertiary/aromatic N) is 4. The molecule has 10 heteroatoms. The average Bonchev–Trinajstić information content (AvgIpc) is 3.54. The fraction of sp³-hybridized carbons (Fsp3) is 0.259. The lowest BCUT2D eigenvalue weighted by Crippen LogP contribution is -2.86. The van der Waals surface area contributed by atoms with Crippen LogP contribution in [0.5, 0.6) is 5.75 Å². The lowest BCUT2D eigenvalue weighted by atomic mass is 10.1. The third-order valence-corrected chi connectivity index (χ3v) is 7.10. The predicted molar refractivity (Wildman–Crippen MR) is 143 cm³/mol. The van der Waals surface area contributed by atoms with Crippen molar-refractivity contribution in [3.63, 3.8) is 0 Å². The second kappa shape index (κ2) is 9.21. The number of nitrogens with two attached hydrogens (primary N) is 2. The van der Waals surface area contributed by atoms with Crippen molar-refractivity contribution < 1.29 is 14.8 Å². The van der Waals surface area contributed by atoms with E-state index in [2.05, 4.69) is 25.6 Å². The molecule has 5 aromatic rings. The van der Waals surface area contributed by atoms with E-state index in [1.807, 2.05) is 54.1 Å². The maximum Gasteiger partial charge on any atom is 0.272 e. The van der Waals surface area contributed by atoms with Crippen LogP contribution < -0.4 is 21.1 Å². The number of H-pyrrole nitrogens is 1. The molecule has 1 aliphatic rings. The number of anilines is 2. The number of hydrogen-bond acceptors (Lipinski definition) is 6.